The van der Waals surface area contributed by atoms with Crippen molar-refractivity contribution in [2.75, 3.05) is 12.4 Å². The van der Waals surface area contributed by atoms with Gasteiger partial charge in [-0.05, 0) is 30.7 Å². The van der Waals surface area contributed by atoms with Gasteiger partial charge in [-0.1, -0.05) is 11.6 Å². The second kappa shape index (κ2) is 5.59. The van der Waals surface area contributed by atoms with Gasteiger partial charge in [-0.25, -0.2) is 4.98 Å². The van der Waals surface area contributed by atoms with E-state index in [1.165, 1.54) is 0 Å². The van der Waals surface area contributed by atoms with Gasteiger partial charge in [0.25, 0.3) is 0 Å². The number of hydrogen-bond donors (Lipinski definition) is 1. The number of nitrogens with one attached hydrogen (secondary N) is 1. The quantitative estimate of drug-likeness (QED) is 0.927. The number of benzene rings is 1. The molecule has 96 valence electrons. The van der Waals surface area contributed by atoms with Crippen LogP contribution in [0.3, 0.4) is 0 Å². The molecule has 0 spiro atoms. The minimum absolute atomic E-state index is 0.484. The van der Waals surface area contributed by atoms with E-state index in [2.05, 4.69) is 16.4 Å². The molecule has 1 heterocycles. The average Bonchev–Trinajstić information content (AvgIpc) is 2.41. The summed E-state index contributed by atoms with van der Waals surface area (Å²) >= 11 is 6.11. The topological polar surface area (TPSA) is 57.9 Å². The summed E-state index contributed by atoms with van der Waals surface area (Å²) in [6.07, 6.45) is 1.65. The maximum atomic E-state index is 9.16. The molecule has 0 saturated heterocycles. The lowest BCUT2D eigenvalue weighted by atomic mass is 10.1. The smallest absolute Gasteiger partial charge is 0.148 e. The van der Waals surface area contributed by atoms with Gasteiger partial charge in [-0.15, -0.1) is 0 Å². The van der Waals surface area contributed by atoms with Gasteiger partial charge < -0.3 is 10.1 Å². The van der Waals surface area contributed by atoms with E-state index in [0.29, 0.717) is 27.8 Å². The Morgan fingerprint density at radius 1 is 1.37 bits per heavy atom. The maximum Gasteiger partial charge on any atom is 0.148 e. The van der Waals surface area contributed by atoms with E-state index < -0.39 is 0 Å². The monoisotopic (exact) mass is 273 g/mol. The van der Waals surface area contributed by atoms with Gasteiger partial charge in [0.15, 0.2) is 0 Å². The molecular weight excluding hydrogens is 262 g/mol. The summed E-state index contributed by atoms with van der Waals surface area (Å²) in [4.78, 5) is 4.17. The molecule has 0 bridgehead atoms. The molecule has 0 aliphatic heterocycles. The van der Waals surface area contributed by atoms with Crippen LogP contribution in [0.2, 0.25) is 5.02 Å². The number of aryl methyl sites for hydroxylation is 1. The highest BCUT2D eigenvalue weighted by Crippen LogP contribution is 2.30. The van der Waals surface area contributed by atoms with Crippen LogP contribution in [0.15, 0.2) is 30.5 Å². The fourth-order valence-electron chi connectivity index (χ4n) is 1.65. The standard InChI is InChI=1S/C14H12ClN3O/c1-9-5-6-17-14(11(9)8-16)18-13-7-10(19-2)3-4-12(13)15/h3-7H,1-2H3,(H,17,18). The SMILES string of the molecule is COc1ccc(Cl)c(Nc2nccc(C)c2C#N)c1. The lowest BCUT2D eigenvalue weighted by molar-refractivity contribution is 0.415. The summed E-state index contributed by atoms with van der Waals surface area (Å²) in [7, 11) is 1.58. The van der Waals surface area contributed by atoms with Gasteiger partial charge in [0.05, 0.1) is 23.4 Å². The van der Waals surface area contributed by atoms with Gasteiger partial charge in [0, 0.05) is 12.3 Å². The molecule has 1 aromatic heterocycles. The second-order valence-electron chi connectivity index (χ2n) is 3.93. The maximum absolute atomic E-state index is 9.16. The van der Waals surface area contributed by atoms with Gasteiger partial charge in [-0.3, -0.25) is 0 Å². The molecule has 0 aliphatic carbocycles. The number of methoxy groups -OCH3 is 1. The van der Waals surface area contributed by atoms with Crippen LogP contribution in [0.5, 0.6) is 5.75 Å². The van der Waals surface area contributed by atoms with Crippen LogP contribution in [0, 0.1) is 18.3 Å². The number of halogens is 1. The molecule has 0 aliphatic rings. The zero-order chi connectivity index (χ0) is 13.8. The normalized spacial score (nSPS) is 9.79. The Balaban J connectivity index is 2.42. The van der Waals surface area contributed by atoms with Crippen molar-refractivity contribution in [1.82, 2.24) is 4.98 Å². The van der Waals surface area contributed by atoms with E-state index in [-0.39, 0.29) is 0 Å². The van der Waals surface area contributed by atoms with Crippen LogP contribution in [-0.4, -0.2) is 12.1 Å². The summed E-state index contributed by atoms with van der Waals surface area (Å²) in [5.74, 6) is 1.16. The lowest BCUT2D eigenvalue weighted by Gasteiger charge is -2.11. The summed E-state index contributed by atoms with van der Waals surface area (Å²) < 4.78 is 5.14. The second-order valence-corrected chi connectivity index (χ2v) is 4.34. The molecule has 0 fully saturated rings. The fraction of sp³-hybridized carbons (Fsp3) is 0.143. The number of pyridine rings is 1. The summed E-state index contributed by atoms with van der Waals surface area (Å²) in [6.45, 7) is 1.86. The van der Waals surface area contributed by atoms with E-state index in [9.17, 15) is 0 Å². The zero-order valence-electron chi connectivity index (χ0n) is 10.6. The van der Waals surface area contributed by atoms with Crippen molar-refractivity contribution in [3.05, 3.63) is 46.6 Å². The van der Waals surface area contributed by atoms with Crippen LogP contribution < -0.4 is 10.1 Å². The molecule has 5 heteroatoms. The Kier molecular flexibility index (Phi) is 3.88. The molecule has 2 aromatic rings. The number of anilines is 2. The third kappa shape index (κ3) is 2.78. The van der Waals surface area contributed by atoms with Gasteiger partial charge in [0.2, 0.25) is 0 Å². The van der Waals surface area contributed by atoms with Gasteiger partial charge in [0.1, 0.15) is 17.6 Å². The highest BCUT2D eigenvalue weighted by Gasteiger charge is 2.09. The predicted octanol–water partition coefficient (Wildman–Crippen LogP) is 3.67. The minimum Gasteiger partial charge on any atom is -0.497 e. The number of rotatable bonds is 3. The molecule has 1 aromatic carbocycles. The van der Waals surface area contributed by atoms with Gasteiger partial charge in [-0.2, -0.15) is 5.26 Å². The van der Waals surface area contributed by atoms with Crippen LogP contribution in [0.4, 0.5) is 11.5 Å². The van der Waals surface area contributed by atoms with Crippen LogP contribution >= 0.6 is 11.6 Å². The molecule has 0 saturated carbocycles. The Labute approximate surface area is 116 Å². The van der Waals surface area contributed by atoms with Crippen molar-refractivity contribution in [3.8, 4) is 11.8 Å². The van der Waals surface area contributed by atoms with Crippen molar-refractivity contribution in [1.29, 1.82) is 5.26 Å². The summed E-state index contributed by atoms with van der Waals surface area (Å²) in [5.41, 5.74) is 2.01. The minimum atomic E-state index is 0.484. The van der Waals surface area contributed by atoms with Crippen molar-refractivity contribution >= 4 is 23.1 Å². The molecule has 0 unspecified atom stereocenters. The largest absolute Gasteiger partial charge is 0.497 e. The van der Waals surface area contributed by atoms with E-state index >= 15 is 0 Å². The molecule has 19 heavy (non-hydrogen) atoms. The van der Waals surface area contributed by atoms with Crippen LogP contribution in [0.1, 0.15) is 11.1 Å². The van der Waals surface area contributed by atoms with Crippen molar-refractivity contribution < 1.29 is 4.74 Å². The molecule has 2 rings (SSSR count). The van der Waals surface area contributed by atoms with Crippen molar-refractivity contribution in [3.63, 3.8) is 0 Å². The molecule has 0 radical (unpaired) electrons. The van der Waals surface area contributed by atoms with E-state index in [0.717, 1.165) is 5.56 Å². The lowest BCUT2D eigenvalue weighted by Crippen LogP contribution is -1.99. The Morgan fingerprint density at radius 2 is 2.16 bits per heavy atom. The molecule has 1 N–H and O–H groups in total. The predicted molar refractivity (Wildman–Crippen MR) is 75.0 cm³/mol. The molecule has 0 amide bonds. The number of hydrogen-bond acceptors (Lipinski definition) is 4. The third-order valence-corrected chi connectivity index (χ3v) is 3.03. The molecular formula is C14H12ClN3O. The Hall–Kier alpha value is -2.25. The average molecular weight is 274 g/mol. The van der Waals surface area contributed by atoms with Crippen molar-refractivity contribution in [2.24, 2.45) is 0 Å². The Bertz CT molecular complexity index is 650. The van der Waals surface area contributed by atoms with Gasteiger partial charge >= 0.3 is 0 Å². The first-order valence-corrected chi connectivity index (χ1v) is 5.99. The first kappa shape index (κ1) is 13.2. The molecule has 0 atom stereocenters. The fourth-order valence-corrected chi connectivity index (χ4v) is 1.81. The first-order valence-electron chi connectivity index (χ1n) is 5.62. The Morgan fingerprint density at radius 3 is 2.84 bits per heavy atom. The highest BCUT2D eigenvalue weighted by molar-refractivity contribution is 6.33. The number of aromatic nitrogens is 1. The number of ether oxygens (including phenoxy) is 1. The van der Waals surface area contributed by atoms with Crippen LogP contribution in [0.25, 0.3) is 0 Å². The number of nitriles is 1. The summed E-state index contributed by atoms with van der Waals surface area (Å²) in [5, 5.41) is 12.8. The highest BCUT2D eigenvalue weighted by atomic mass is 35.5. The van der Waals surface area contributed by atoms with Crippen LogP contribution in [-0.2, 0) is 0 Å². The van der Waals surface area contributed by atoms with Crippen molar-refractivity contribution in [2.45, 2.75) is 6.92 Å². The number of nitrogens with zero attached hydrogens (tertiary/aromatic N) is 2. The zero-order valence-corrected chi connectivity index (χ0v) is 11.3. The third-order valence-electron chi connectivity index (χ3n) is 2.70. The van der Waals surface area contributed by atoms with E-state index in [1.54, 1.807) is 37.6 Å². The van der Waals surface area contributed by atoms with E-state index in [4.69, 9.17) is 21.6 Å². The summed E-state index contributed by atoms with van der Waals surface area (Å²) in [6, 6.07) is 9.17. The molecule has 4 nitrogen and oxygen atoms in total. The first-order chi connectivity index (χ1) is 9.15. The van der Waals surface area contributed by atoms with E-state index in [1.807, 2.05) is 6.92 Å².